The monoisotopic (exact) mass is 433 g/mol. The van der Waals surface area contributed by atoms with Gasteiger partial charge in [0.05, 0.1) is 11.1 Å². The molecule has 0 bridgehead atoms. The van der Waals surface area contributed by atoms with Gasteiger partial charge in [0.25, 0.3) is 0 Å². The van der Waals surface area contributed by atoms with E-state index in [9.17, 15) is 4.79 Å². The van der Waals surface area contributed by atoms with Gasteiger partial charge in [-0.05, 0) is 75.9 Å². The molecule has 1 aliphatic heterocycles. The van der Waals surface area contributed by atoms with Crippen LogP contribution in [-0.4, -0.2) is 11.5 Å². The minimum Gasteiger partial charge on any atom is -0.299 e. The van der Waals surface area contributed by atoms with E-state index in [0.29, 0.717) is 0 Å². The predicted octanol–water partition coefficient (Wildman–Crippen LogP) is 4.89. The smallest absolute Gasteiger partial charge is 0.146 e. The number of fused-ring (bicyclic) bond motifs is 5. The van der Waals surface area contributed by atoms with Crippen LogP contribution in [0.2, 0.25) is 0 Å². The summed E-state index contributed by atoms with van der Waals surface area (Å²) in [6, 6.07) is 21.3. The van der Waals surface area contributed by atoms with E-state index in [0.717, 1.165) is 41.0 Å². The highest BCUT2D eigenvalue weighted by atomic mass is 32.2. The number of benzene rings is 3. The Labute approximate surface area is 191 Å². The first-order valence-electron chi connectivity index (χ1n) is 11.1. The Morgan fingerprint density at radius 1 is 0.906 bits per heavy atom. The highest BCUT2D eigenvalue weighted by molar-refractivity contribution is 7.98. The Balaban J connectivity index is 1.67. The second-order valence-corrected chi connectivity index (χ2v) is 9.50. The summed E-state index contributed by atoms with van der Waals surface area (Å²) in [5, 5.41) is 4.95. The SMILES string of the molecule is CC(=O)C1(C2=NSc3ccccc3C=C2)CCC=c2ccc3c(c21)CC=c1ccccc1=3. The zero-order chi connectivity index (χ0) is 21.7. The summed E-state index contributed by atoms with van der Waals surface area (Å²) in [4.78, 5) is 14.7. The number of Topliss-reactive ketones (excluding diaryl/α,β-unsaturated/α-hetero) is 1. The standard InChI is InChI=1S/C29H23NOS/c1-19(31)29(27-17-14-21-8-3-5-11-26(21)32-30-27)18-6-9-22-13-15-24-23-10-4-2-7-20(23)12-16-25(24)28(22)29/h2-5,7-15,17H,6,16,18H2,1H3. The van der Waals surface area contributed by atoms with Gasteiger partial charge < -0.3 is 0 Å². The summed E-state index contributed by atoms with van der Waals surface area (Å²) in [5.41, 5.74) is 3.73. The van der Waals surface area contributed by atoms with Crippen molar-refractivity contribution in [2.45, 2.75) is 36.5 Å². The number of hydrogen-bond acceptors (Lipinski definition) is 3. The molecule has 0 aromatic heterocycles. The lowest BCUT2D eigenvalue weighted by Gasteiger charge is -2.36. The van der Waals surface area contributed by atoms with Crippen LogP contribution in [0.15, 0.2) is 76.0 Å². The van der Waals surface area contributed by atoms with E-state index in [-0.39, 0.29) is 5.78 Å². The quantitative estimate of drug-likeness (QED) is 0.539. The van der Waals surface area contributed by atoms with E-state index < -0.39 is 5.41 Å². The first kappa shape index (κ1) is 19.5. The summed E-state index contributed by atoms with van der Waals surface area (Å²) in [5.74, 6) is 0.175. The third kappa shape index (κ3) is 2.81. The van der Waals surface area contributed by atoms with Crippen LogP contribution in [0.3, 0.4) is 0 Å². The Morgan fingerprint density at radius 3 is 2.66 bits per heavy atom. The molecule has 3 aliphatic rings. The van der Waals surface area contributed by atoms with Crippen molar-refractivity contribution in [1.82, 2.24) is 0 Å². The predicted molar refractivity (Wildman–Crippen MR) is 133 cm³/mol. The van der Waals surface area contributed by atoms with Gasteiger partial charge in [-0.25, -0.2) is 4.40 Å². The molecule has 0 fully saturated rings. The Bertz CT molecular complexity index is 1560. The molecule has 0 amide bonds. The molecule has 0 saturated heterocycles. The van der Waals surface area contributed by atoms with E-state index >= 15 is 0 Å². The zero-order valence-electron chi connectivity index (χ0n) is 18.0. The molecule has 0 radical (unpaired) electrons. The highest BCUT2D eigenvalue weighted by Crippen LogP contribution is 2.40. The van der Waals surface area contributed by atoms with Crippen molar-refractivity contribution >= 4 is 41.7 Å². The molecular formula is C29H23NOS. The summed E-state index contributed by atoms with van der Waals surface area (Å²) in [7, 11) is 0. The molecule has 3 aromatic rings. The number of allylic oxidation sites excluding steroid dienone is 1. The van der Waals surface area contributed by atoms with Crippen molar-refractivity contribution in [1.29, 1.82) is 0 Å². The third-order valence-electron chi connectivity index (χ3n) is 7.05. The summed E-state index contributed by atoms with van der Waals surface area (Å²) in [6.45, 7) is 1.74. The Morgan fingerprint density at radius 2 is 1.75 bits per heavy atom. The molecule has 2 nitrogen and oxygen atoms in total. The second-order valence-electron chi connectivity index (χ2n) is 8.69. The topological polar surface area (TPSA) is 29.4 Å². The van der Waals surface area contributed by atoms with Crippen molar-refractivity contribution in [2.75, 3.05) is 0 Å². The molecule has 2 aliphatic carbocycles. The van der Waals surface area contributed by atoms with Gasteiger partial charge in [0, 0.05) is 16.8 Å². The lowest BCUT2D eigenvalue weighted by atomic mass is 9.65. The lowest BCUT2D eigenvalue weighted by molar-refractivity contribution is -0.120. The Hall–Kier alpha value is -3.17. The van der Waals surface area contributed by atoms with Gasteiger partial charge in [-0.2, -0.15) is 0 Å². The maximum atomic E-state index is 13.6. The number of ketones is 1. The number of nitrogens with zero attached hydrogens (tertiary/aromatic N) is 1. The number of rotatable bonds is 2. The van der Waals surface area contributed by atoms with Crippen LogP contribution in [0.4, 0.5) is 0 Å². The van der Waals surface area contributed by atoms with Crippen molar-refractivity contribution in [3.05, 3.63) is 104 Å². The van der Waals surface area contributed by atoms with Crippen LogP contribution in [-0.2, 0) is 16.6 Å². The Kier molecular flexibility index (Phi) is 4.55. The molecule has 32 heavy (non-hydrogen) atoms. The van der Waals surface area contributed by atoms with Crippen LogP contribution < -0.4 is 10.4 Å². The van der Waals surface area contributed by atoms with Gasteiger partial charge in [-0.1, -0.05) is 72.8 Å². The van der Waals surface area contributed by atoms with Crippen molar-refractivity contribution < 1.29 is 4.79 Å². The molecule has 3 heteroatoms. The van der Waals surface area contributed by atoms with Crippen LogP contribution in [0.1, 0.15) is 36.5 Å². The maximum absolute atomic E-state index is 13.6. The fourth-order valence-corrected chi connectivity index (χ4v) is 6.31. The molecule has 1 atom stereocenters. The normalized spacial score (nSPS) is 20.3. The van der Waals surface area contributed by atoms with Crippen LogP contribution in [0, 0.1) is 10.4 Å². The summed E-state index contributed by atoms with van der Waals surface area (Å²) in [6.07, 6.45) is 11.3. The van der Waals surface area contributed by atoms with Gasteiger partial charge >= 0.3 is 0 Å². The minimum absolute atomic E-state index is 0.175. The number of carbonyl (C=O) groups excluding carboxylic acids is 1. The lowest BCUT2D eigenvalue weighted by Crippen LogP contribution is -2.48. The number of carbonyl (C=O) groups is 1. The molecule has 3 aromatic carbocycles. The number of hydrogen-bond donors (Lipinski definition) is 0. The maximum Gasteiger partial charge on any atom is 0.146 e. The van der Waals surface area contributed by atoms with Gasteiger partial charge in [-0.3, -0.25) is 4.79 Å². The van der Waals surface area contributed by atoms with Crippen LogP contribution in [0.25, 0.3) is 18.2 Å². The molecule has 0 spiro atoms. The average molecular weight is 434 g/mol. The van der Waals surface area contributed by atoms with Gasteiger partial charge in [0.15, 0.2) is 0 Å². The van der Waals surface area contributed by atoms with E-state index in [1.54, 1.807) is 6.92 Å². The van der Waals surface area contributed by atoms with E-state index in [1.165, 1.54) is 38.4 Å². The highest BCUT2D eigenvalue weighted by Gasteiger charge is 2.45. The van der Waals surface area contributed by atoms with E-state index in [1.807, 2.05) is 12.1 Å². The molecule has 6 rings (SSSR count). The van der Waals surface area contributed by atoms with Crippen LogP contribution in [0.5, 0.6) is 0 Å². The molecule has 0 N–H and O–H groups in total. The zero-order valence-corrected chi connectivity index (χ0v) is 18.8. The third-order valence-corrected chi connectivity index (χ3v) is 7.91. The molecule has 0 saturated carbocycles. The van der Waals surface area contributed by atoms with Crippen molar-refractivity contribution in [3.8, 4) is 0 Å². The van der Waals surface area contributed by atoms with E-state index in [2.05, 4.69) is 72.8 Å². The average Bonchev–Trinajstić information content (AvgIpc) is 3.06. The minimum atomic E-state index is -0.721. The molecule has 1 heterocycles. The summed E-state index contributed by atoms with van der Waals surface area (Å²) < 4.78 is 4.98. The van der Waals surface area contributed by atoms with Crippen molar-refractivity contribution in [3.63, 3.8) is 0 Å². The van der Waals surface area contributed by atoms with Crippen LogP contribution >= 0.6 is 11.9 Å². The van der Waals surface area contributed by atoms with Crippen molar-refractivity contribution in [2.24, 2.45) is 4.40 Å². The fraction of sp³-hybridized carbons (Fsp3) is 0.172. The van der Waals surface area contributed by atoms with E-state index in [4.69, 9.17) is 4.40 Å². The van der Waals surface area contributed by atoms with Gasteiger partial charge in [0.2, 0.25) is 0 Å². The first-order chi connectivity index (χ1) is 15.7. The molecule has 1 unspecified atom stereocenters. The second kappa shape index (κ2) is 7.46. The largest absolute Gasteiger partial charge is 0.299 e. The van der Waals surface area contributed by atoms with Gasteiger partial charge in [0.1, 0.15) is 5.78 Å². The fourth-order valence-electron chi connectivity index (χ4n) is 5.51. The first-order valence-corrected chi connectivity index (χ1v) is 11.9. The van der Waals surface area contributed by atoms with Gasteiger partial charge in [-0.15, -0.1) is 0 Å². The summed E-state index contributed by atoms with van der Waals surface area (Å²) >= 11 is 1.48. The molecule has 156 valence electrons. The molecular weight excluding hydrogens is 410 g/mol.